The monoisotopic (exact) mass is 245 g/mol. The van der Waals surface area contributed by atoms with E-state index in [4.69, 9.17) is 23.2 Å². The summed E-state index contributed by atoms with van der Waals surface area (Å²) in [4.78, 5) is 10.3. The van der Waals surface area contributed by atoms with Crippen molar-refractivity contribution < 1.29 is 0 Å². The van der Waals surface area contributed by atoms with Gasteiger partial charge >= 0.3 is 0 Å². The minimum absolute atomic E-state index is 0.207. The Balaban J connectivity index is 2.10. The molecule has 0 aliphatic carbocycles. The van der Waals surface area contributed by atoms with Gasteiger partial charge in [0.05, 0.1) is 0 Å². The first kappa shape index (κ1) is 11.1. The van der Waals surface area contributed by atoms with Crippen molar-refractivity contribution in [3.05, 3.63) is 22.2 Å². The highest BCUT2D eigenvalue weighted by Crippen LogP contribution is 2.22. The van der Waals surface area contributed by atoms with E-state index in [9.17, 15) is 0 Å². The maximum atomic E-state index is 5.99. The molecule has 3 nitrogen and oxygen atoms in total. The van der Waals surface area contributed by atoms with Crippen LogP contribution < -0.4 is 0 Å². The van der Waals surface area contributed by atoms with Gasteiger partial charge in [0.1, 0.15) is 5.15 Å². The molecule has 0 spiro atoms. The second-order valence-electron chi connectivity index (χ2n) is 3.92. The fourth-order valence-electron chi connectivity index (χ4n) is 1.92. The van der Waals surface area contributed by atoms with Crippen LogP contribution in [-0.2, 0) is 6.54 Å². The molecule has 0 bridgehead atoms. The topological polar surface area (TPSA) is 29.0 Å². The van der Waals surface area contributed by atoms with E-state index in [0.717, 1.165) is 18.7 Å². The Labute approximate surface area is 99.4 Å². The largest absolute Gasteiger partial charge is 0.296 e. The molecule has 82 valence electrons. The minimum atomic E-state index is 0.207. The van der Waals surface area contributed by atoms with Gasteiger partial charge in [-0.25, -0.2) is 9.97 Å². The van der Waals surface area contributed by atoms with Crippen molar-refractivity contribution in [2.45, 2.75) is 32.4 Å². The van der Waals surface area contributed by atoms with Crippen molar-refractivity contribution in [3.8, 4) is 0 Å². The van der Waals surface area contributed by atoms with Crippen molar-refractivity contribution >= 4 is 23.2 Å². The van der Waals surface area contributed by atoms with Gasteiger partial charge in [0.15, 0.2) is 0 Å². The summed E-state index contributed by atoms with van der Waals surface area (Å²) in [6, 6.07) is 0.622. The zero-order valence-electron chi connectivity index (χ0n) is 8.58. The third-order valence-electron chi connectivity index (χ3n) is 2.85. The lowest BCUT2D eigenvalue weighted by Gasteiger charge is -2.20. The van der Waals surface area contributed by atoms with Crippen LogP contribution in [0.1, 0.15) is 25.3 Å². The molecule has 1 fully saturated rings. The molecule has 0 unspecified atom stereocenters. The van der Waals surface area contributed by atoms with Gasteiger partial charge in [0.25, 0.3) is 0 Å². The SMILES string of the molecule is C[C@@H]1CCCN1Cc1cnc(Cl)nc1Cl. The van der Waals surface area contributed by atoms with Crippen LogP contribution in [0.25, 0.3) is 0 Å². The Bertz CT molecular complexity index is 357. The molecule has 1 aromatic rings. The maximum absolute atomic E-state index is 5.99. The van der Waals surface area contributed by atoms with E-state index in [2.05, 4.69) is 21.8 Å². The molecule has 2 rings (SSSR count). The standard InChI is InChI=1S/C10H13Cl2N3/c1-7-3-2-4-15(7)6-8-5-13-10(12)14-9(8)11/h5,7H,2-4,6H2,1H3/t7-/m1/s1. The van der Waals surface area contributed by atoms with E-state index >= 15 is 0 Å². The Morgan fingerprint density at radius 1 is 1.53 bits per heavy atom. The van der Waals surface area contributed by atoms with Crippen molar-refractivity contribution in [3.63, 3.8) is 0 Å². The summed E-state index contributed by atoms with van der Waals surface area (Å²) in [5, 5.41) is 0.673. The normalized spacial score (nSPS) is 22.2. The molecule has 5 heteroatoms. The molecule has 1 saturated heterocycles. The zero-order valence-corrected chi connectivity index (χ0v) is 10.1. The predicted octanol–water partition coefficient (Wildman–Crippen LogP) is 2.77. The molecule has 1 aliphatic rings. The van der Waals surface area contributed by atoms with Gasteiger partial charge in [-0.15, -0.1) is 0 Å². The number of halogens is 2. The van der Waals surface area contributed by atoms with Crippen LogP contribution in [0.5, 0.6) is 0 Å². The van der Waals surface area contributed by atoms with Crippen molar-refractivity contribution in [1.29, 1.82) is 0 Å². The van der Waals surface area contributed by atoms with Crippen molar-refractivity contribution in [1.82, 2.24) is 14.9 Å². The highest BCUT2D eigenvalue weighted by molar-refractivity contribution is 6.32. The van der Waals surface area contributed by atoms with E-state index in [-0.39, 0.29) is 5.28 Å². The lowest BCUT2D eigenvalue weighted by atomic mass is 10.2. The number of hydrogen-bond acceptors (Lipinski definition) is 3. The zero-order chi connectivity index (χ0) is 10.8. The summed E-state index contributed by atoms with van der Waals surface area (Å²) < 4.78 is 0. The minimum Gasteiger partial charge on any atom is -0.296 e. The first-order valence-corrected chi connectivity index (χ1v) is 5.83. The first-order valence-electron chi connectivity index (χ1n) is 5.08. The van der Waals surface area contributed by atoms with Crippen LogP contribution >= 0.6 is 23.2 Å². The average molecular weight is 246 g/mol. The smallest absolute Gasteiger partial charge is 0.223 e. The molecule has 1 aromatic heterocycles. The highest BCUT2D eigenvalue weighted by atomic mass is 35.5. The van der Waals surface area contributed by atoms with Gasteiger partial charge in [-0.05, 0) is 37.9 Å². The second kappa shape index (κ2) is 4.64. The van der Waals surface area contributed by atoms with Gasteiger partial charge in [0.2, 0.25) is 5.28 Å². The van der Waals surface area contributed by atoms with Crippen LogP contribution in [0.3, 0.4) is 0 Å². The molecule has 2 heterocycles. The number of nitrogens with zero attached hydrogens (tertiary/aromatic N) is 3. The highest BCUT2D eigenvalue weighted by Gasteiger charge is 2.21. The molecule has 0 N–H and O–H groups in total. The molecular formula is C10H13Cl2N3. The molecular weight excluding hydrogens is 233 g/mol. The molecule has 1 aliphatic heterocycles. The van der Waals surface area contributed by atoms with Gasteiger partial charge in [-0.1, -0.05) is 11.6 Å². The lowest BCUT2D eigenvalue weighted by Crippen LogP contribution is -2.26. The Kier molecular flexibility index (Phi) is 3.44. The summed E-state index contributed by atoms with van der Waals surface area (Å²) in [5.74, 6) is 0. The van der Waals surface area contributed by atoms with E-state index < -0.39 is 0 Å². The Morgan fingerprint density at radius 2 is 2.33 bits per heavy atom. The molecule has 15 heavy (non-hydrogen) atoms. The third-order valence-corrected chi connectivity index (χ3v) is 3.36. The van der Waals surface area contributed by atoms with Crippen LogP contribution in [-0.4, -0.2) is 27.5 Å². The van der Waals surface area contributed by atoms with Crippen molar-refractivity contribution in [2.24, 2.45) is 0 Å². The molecule has 1 atom stereocenters. The summed E-state index contributed by atoms with van der Waals surface area (Å²) >= 11 is 11.6. The summed E-state index contributed by atoms with van der Waals surface area (Å²) in [7, 11) is 0. The van der Waals surface area contributed by atoms with Crippen LogP contribution in [0, 0.1) is 0 Å². The number of hydrogen-bond donors (Lipinski definition) is 0. The van der Waals surface area contributed by atoms with Crippen LogP contribution in [0.15, 0.2) is 6.20 Å². The van der Waals surface area contributed by atoms with E-state index in [1.807, 2.05) is 0 Å². The van der Waals surface area contributed by atoms with Gasteiger partial charge in [-0.2, -0.15) is 0 Å². The molecule has 0 amide bonds. The summed E-state index contributed by atoms with van der Waals surface area (Å²) in [6.45, 7) is 4.18. The number of aromatic nitrogens is 2. The van der Waals surface area contributed by atoms with Crippen LogP contribution in [0.4, 0.5) is 0 Å². The van der Waals surface area contributed by atoms with E-state index in [1.54, 1.807) is 6.20 Å². The van der Waals surface area contributed by atoms with Crippen LogP contribution in [0.2, 0.25) is 10.4 Å². The molecule has 0 aromatic carbocycles. The fourth-order valence-corrected chi connectivity index (χ4v) is 2.28. The summed E-state index contributed by atoms with van der Waals surface area (Å²) in [6.07, 6.45) is 4.22. The number of likely N-dealkylation sites (tertiary alicyclic amines) is 1. The number of rotatable bonds is 2. The third kappa shape index (κ3) is 2.60. The fraction of sp³-hybridized carbons (Fsp3) is 0.600. The van der Waals surface area contributed by atoms with Gasteiger partial charge < -0.3 is 0 Å². The first-order chi connectivity index (χ1) is 7.16. The van der Waals surface area contributed by atoms with E-state index in [0.29, 0.717) is 11.2 Å². The quantitative estimate of drug-likeness (QED) is 0.593. The molecule has 0 saturated carbocycles. The maximum Gasteiger partial charge on any atom is 0.223 e. The molecule has 0 radical (unpaired) electrons. The van der Waals surface area contributed by atoms with Gasteiger partial charge in [-0.3, -0.25) is 4.90 Å². The second-order valence-corrected chi connectivity index (χ2v) is 4.61. The lowest BCUT2D eigenvalue weighted by molar-refractivity contribution is 0.260. The van der Waals surface area contributed by atoms with E-state index in [1.165, 1.54) is 12.8 Å². The Hall–Kier alpha value is -0.380. The predicted molar refractivity (Wildman–Crippen MR) is 61.2 cm³/mol. The van der Waals surface area contributed by atoms with Gasteiger partial charge in [0, 0.05) is 24.3 Å². The Morgan fingerprint density at radius 3 is 2.93 bits per heavy atom. The average Bonchev–Trinajstić information content (AvgIpc) is 2.57. The summed E-state index contributed by atoms with van der Waals surface area (Å²) in [5.41, 5.74) is 0.954. The van der Waals surface area contributed by atoms with Crippen molar-refractivity contribution in [2.75, 3.05) is 6.54 Å².